The lowest BCUT2D eigenvalue weighted by atomic mass is 10.1. The second kappa shape index (κ2) is 7.45. The highest BCUT2D eigenvalue weighted by Crippen LogP contribution is 2.22. The van der Waals surface area contributed by atoms with Gasteiger partial charge in [0, 0.05) is 11.6 Å². The van der Waals surface area contributed by atoms with Crippen molar-refractivity contribution in [3.63, 3.8) is 0 Å². The number of hydrazone groups is 1. The second-order valence-corrected chi connectivity index (χ2v) is 5.16. The van der Waals surface area contributed by atoms with Crippen molar-refractivity contribution in [1.29, 1.82) is 0 Å². The third-order valence-electron chi connectivity index (χ3n) is 3.42. The van der Waals surface area contributed by atoms with Gasteiger partial charge in [-0.05, 0) is 37.1 Å². The summed E-state index contributed by atoms with van der Waals surface area (Å²) in [6.07, 6.45) is 1.64. The third-order valence-corrected chi connectivity index (χ3v) is 3.42. The molecular weight excluding hydrogens is 292 g/mol. The van der Waals surface area contributed by atoms with Gasteiger partial charge in [0.05, 0.1) is 20.4 Å². The van der Waals surface area contributed by atoms with E-state index in [1.165, 1.54) is 14.2 Å². The molecule has 2 aromatic carbocycles. The second-order valence-electron chi connectivity index (χ2n) is 5.16. The van der Waals surface area contributed by atoms with Crippen LogP contribution in [0.1, 0.15) is 27.0 Å². The van der Waals surface area contributed by atoms with E-state index >= 15 is 0 Å². The number of hydrogen-bond donors (Lipinski definition) is 1. The monoisotopic (exact) mass is 312 g/mol. The number of carbonyl (C=O) groups is 1. The van der Waals surface area contributed by atoms with Crippen LogP contribution >= 0.6 is 0 Å². The molecule has 0 aliphatic carbocycles. The number of methoxy groups -OCH3 is 2. The first-order chi connectivity index (χ1) is 11.0. The molecule has 0 aliphatic heterocycles. The van der Waals surface area contributed by atoms with Crippen molar-refractivity contribution in [3.8, 4) is 11.5 Å². The molecule has 1 N–H and O–H groups in total. The molecule has 0 fully saturated rings. The molecule has 0 bridgehead atoms. The normalized spacial score (nSPS) is 10.6. The van der Waals surface area contributed by atoms with Crippen LogP contribution in [0.25, 0.3) is 0 Å². The van der Waals surface area contributed by atoms with Crippen LogP contribution in [0.5, 0.6) is 11.5 Å². The van der Waals surface area contributed by atoms with Gasteiger partial charge in [-0.25, -0.2) is 5.43 Å². The lowest BCUT2D eigenvalue weighted by molar-refractivity contribution is 0.0954. The van der Waals surface area contributed by atoms with Crippen LogP contribution in [0.4, 0.5) is 0 Å². The Hall–Kier alpha value is -2.82. The van der Waals surface area contributed by atoms with Crippen molar-refractivity contribution < 1.29 is 14.3 Å². The summed E-state index contributed by atoms with van der Waals surface area (Å²) in [6.45, 7) is 4.01. The zero-order valence-corrected chi connectivity index (χ0v) is 13.7. The van der Waals surface area contributed by atoms with Gasteiger partial charge < -0.3 is 9.47 Å². The van der Waals surface area contributed by atoms with E-state index in [0.717, 1.165) is 16.7 Å². The Morgan fingerprint density at radius 3 is 2.30 bits per heavy atom. The number of aryl methyl sites for hydroxylation is 2. The van der Waals surface area contributed by atoms with Gasteiger partial charge in [-0.2, -0.15) is 5.10 Å². The van der Waals surface area contributed by atoms with E-state index in [-0.39, 0.29) is 5.91 Å². The van der Waals surface area contributed by atoms with Crippen molar-refractivity contribution in [2.75, 3.05) is 14.2 Å². The average molecular weight is 312 g/mol. The molecule has 0 aliphatic rings. The Kier molecular flexibility index (Phi) is 5.36. The minimum Gasteiger partial charge on any atom is -0.497 e. The Labute approximate surface area is 135 Å². The predicted molar refractivity (Wildman–Crippen MR) is 90.5 cm³/mol. The summed E-state index contributed by atoms with van der Waals surface area (Å²) in [5.74, 6) is 0.768. The number of nitrogens with one attached hydrogen (secondary N) is 1. The van der Waals surface area contributed by atoms with Crippen molar-refractivity contribution in [2.45, 2.75) is 13.8 Å². The Bertz CT molecular complexity index is 717. The summed E-state index contributed by atoms with van der Waals surface area (Å²) in [5, 5.41) is 4.02. The van der Waals surface area contributed by atoms with E-state index in [9.17, 15) is 4.79 Å². The smallest absolute Gasteiger partial charge is 0.271 e. The number of rotatable bonds is 5. The molecular formula is C18H20N2O3. The van der Waals surface area contributed by atoms with Crippen LogP contribution in [0.15, 0.2) is 41.5 Å². The van der Waals surface area contributed by atoms with Crippen molar-refractivity contribution >= 4 is 12.1 Å². The molecule has 0 radical (unpaired) electrons. The summed E-state index contributed by atoms with van der Waals surface area (Å²) >= 11 is 0. The molecule has 0 spiro atoms. The lowest BCUT2D eigenvalue weighted by Gasteiger charge is -2.07. The van der Waals surface area contributed by atoms with Gasteiger partial charge in [0.2, 0.25) is 0 Å². The molecule has 1 amide bonds. The van der Waals surface area contributed by atoms with Gasteiger partial charge in [-0.1, -0.05) is 23.8 Å². The maximum Gasteiger partial charge on any atom is 0.271 e. The highest BCUT2D eigenvalue weighted by Gasteiger charge is 2.09. The lowest BCUT2D eigenvalue weighted by Crippen LogP contribution is -2.17. The Morgan fingerprint density at radius 2 is 1.70 bits per heavy atom. The number of benzene rings is 2. The summed E-state index contributed by atoms with van der Waals surface area (Å²) in [7, 11) is 3.07. The van der Waals surface area contributed by atoms with Crippen LogP contribution in [-0.2, 0) is 0 Å². The van der Waals surface area contributed by atoms with E-state index in [0.29, 0.717) is 17.1 Å². The fraction of sp³-hybridized carbons (Fsp3) is 0.222. The number of nitrogens with zero attached hydrogens (tertiary/aromatic N) is 1. The molecule has 0 aromatic heterocycles. The van der Waals surface area contributed by atoms with E-state index < -0.39 is 0 Å². The zero-order chi connectivity index (χ0) is 16.8. The van der Waals surface area contributed by atoms with E-state index in [1.807, 2.05) is 32.0 Å². The first-order valence-electron chi connectivity index (χ1n) is 7.17. The highest BCUT2D eigenvalue weighted by atomic mass is 16.5. The van der Waals surface area contributed by atoms with Gasteiger partial charge >= 0.3 is 0 Å². The van der Waals surface area contributed by atoms with Gasteiger partial charge in [0.1, 0.15) is 11.5 Å². The quantitative estimate of drug-likeness (QED) is 0.682. The largest absolute Gasteiger partial charge is 0.497 e. The SMILES string of the molecule is COc1cc(OC)cc(C(=O)N/N=C\c2cc(C)ccc2C)c1. The van der Waals surface area contributed by atoms with Gasteiger partial charge in [0.15, 0.2) is 0 Å². The van der Waals surface area contributed by atoms with Crippen LogP contribution in [0.3, 0.4) is 0 Å². The molecule has 2 aromatic rings. The molecule has 0 heterocycles. The molecule has 5 heteroatoms. The zero-order valence-electron chi connectivity index (χ0n) is 13.7. The van der Waals surface area contributed by atoms with E-state index in [4.69, 9.17) is 9.47 Å². The first kappa shape index (κ1) is 16.5. The molecule has 120 valence electrons. The van der Waals surface area contributed by atoms with Gasteiger partial charge in [0.25, 0.3) is 5.91 Å². The molecule has 2 rings (SSSR count). The number of ether oxygens (including phenoxy) is 2. The molecule has 0 unspecified atom stereocenters. The fourth-order valence-corrected chi connectivity index (χ4v) is 2.06. The van der Waals surface area contributed by atoms with Crippen LogP contribution in [-0.4, -0.2) is 26.3 Å². The average Bonchev–Trinajstić information content (AvgIpc) is 2.57. The molecule has 0 atom stereocenters. The summed E-state index contributed by atoms with van der Waals surface area (Å²) in [5.41, 5.74) is 6.13. The van der Waals surface area contributed by atoms with Gasteiger partial charge in [-0.15, -0.1) is 0 Å². The summed E-state index contributed by atoms with van der Waals surface area (Å²) in [4.78, 5) is 12.2. The van der Waals surface area contributed by atoms with E-state index in [1.54, 1.807) is 24.4 Å². The molecule has 0 saturated heterocycles. The first-order valence-corrected chi connectivity index (χ1v) is 7.17. The molecule has 5 nitrogen and oxygen atoms in total. The van der Waals surface area contributed by atoms with Crippen LogP contribution in [0.2, 0.25) is 0 Å². The molecule has 0 saturated carbocycles. The maximum absolute atomic E-state index is 12.2. The minimum atomic E-state index is -0.330. The van der Waals surface area contributed by atoms with Crippen molar-refractivity contribution in [3.05, 3.63) is 58.7 Å². The van der Waals surface area contributed by atoms with E-state index in [2.05, 4.69) is 10.5 Å². The fourth-order valence-electron chi connectivity index (χ4n) is 2.06. The summed E-state index contributed by atoms with van der Waals surface area (Å²) < 4.78 is 10.3. The maximum atomic E-state index is 12.2. The van der Waals surface area contributed by atoms with Crippen molar-refractivity contribution in [2.24, 2.45) is 5.10 Å². The van der Waals surface area contributed by atoms with Crippen molar-refractivity contribution in [1.82, 2.24) is 5.43 Å². The third kappa shape index (κ3) is 4.32. The van der Waals surface area contributed by atoms with Crippen LogP contribution in [0, 0.1) is 13.8 Å². The number of hydrogen-bond acceptors (Lipinski definition) is 4. The predicted octanol–water partition coefficient (Wildman–Crippen LogP) is 3.08. The Morgan fingerprint density at radius 1 is 1.04 bits per heavy atom. The highest BCUT2D eigenvalue weighted by molar-refractivity contribution is 5.95. The summed E-state index contributed by atoms with van der Waals surface area (Å²) in [6, 6.07) is 11.0. The minimum absolute atomic E-state index is 0.330. The Balaban J connectivity index is 2.13. The number of amides is 1. The topological polar surface area (TPSA) is 59.9 Å². The van der Waals surface area contributed by atoms with Crippen LogP contribution < -0.4 is 14.9 Å². The molecule has 23 heavy (non-hydrogen) atoms. The number of carbonyl (C=O) groups excluding carboxylic acids is 1. The standard InChI is InChI=1S/C18H20N2O3/c1-12-5-6-13(2)15(7-12)11-19-20-18(21)14-8-16(22-3)10-17(9-14)23-4/h5-11H,1-4H3,(H,20,21)/b19-11-. The van der Waals surface area contributed by atoms with Gasteiger partial charge in [-0.3, -0.25) is 4.79 Å².